The van der Waals surface area contributed by atoms with E-state index in [1.807, 2.05) is 0 Å². The number of likely N-dealkylation sites (tertiary alicyclic amines) is 1. The Balaban J connectivity index is 2.27. The molecule has 68 valence electrons. The van der Waals surface area contributed by atoms with Gasteiger partial charge in [0.2, 0.25) is 0 Å². The summed E-state index contributed by atoms with van der Waals surface area (Å²) in [6, 6.07) is 0. The minimum absolute atomic E-state index is 0.196. The molecule has 1 aliphatic heterocycles. The van der Waals surface area contributed by atoms with Crippen LogP contribution in [0, 0.1) is 12.3 Å². The van der Waals surface area contributed by atoms with Crippen molar-refractivity contribution in [2.75, 3.05) is 13.1 Å². The van der Waals surface area contributed by atoms with E-state index in [2.05, 4.69) is 16.1 Å². The Bertz CT molecular complexity index is 168. The number of terminal acetylenes is 1. The second kappa shape index (κ2) is 4.43. The summed E-state index contributed by atoms with van der Waals surface area (Å²) in [7, 11) is 0. The number of nitrogens with two attached hydrogens (primary N) is 2. The number of nitrogens with zero attached hydrogens (tertiary/aromatic N) is 1. The molecule has 1 fully saturated rings. The first-order valence-electron chi connectivity index (χ1n) is 4.21. The zero-order valence-electron chi connectivity index (χ0n) is 7.16. The lowest BCUT2D eigenvalue weighted by Gasteiger charge is -2.25. The van der Waals surface area contributed by atoms with Crippen molar-refractivity contribution in [2.45, 2.75) is 25.3 Å². The maximum Gasteiger partial charge on any atom is 0.120 e. The minimum Gasteiger partial charge on any atom is -0.306 e. The molecular formula is C8H16N4. The third kappa shape index (κ3) is 2.47. The summed E-state index contributed by atoms with van der Waals surface area (Å²) in [4.78, 5) is 2.14. The molecular weight excluding hydrogens is 152 g/mol. The van der Waals surface area contributed by atoms with Crippen molar-refractivity contribution >= 4 is 0 Å². The van der Waals surface area contributed by atoms with Gasteiger partial charge < -0.3 is 11.5 Å². The largest absolute Gasteiger partial charge is 0.306 e. The van der Waals surface area contributed by atoms with Crippen LogP contribution in [0.4, 0.5) is 0 Å². The minimum atomic E-state index is -0.444. The molecule has 4 nitrogen and oxygen atoms in total. The average molecular weight is 168 g/mol. The van der Waals surface area contributed by atoms with Gasteiger partial charge in [-0.2, -0.15) is 0 Å². The highest BCUT2D eigenvalue weighted by molar-refractivity contribution is 4.95. The molecule has 0 aromatic rings. The molecule has 0 aromatic carbocycles. The highest BCUT2D eigenvalue weighted by atomic mass is 15.4. The Morgan fingerprint density at radius 1 is 1.33 bits per heavy atom. The fourth-order valence-electron chi connectivity index (χ4n) is 1.36. The van der Waals surface area contributed by atoms with Crippen LogP contribution in [0.3, 0.4) is 0 Å². The molecule has 1 saturated heterocycles. The number of nitrogens with one attached hydrogen (secondary N) is 1. The highest BCUT2D eigenvalue weighted by Gasteiger charge is 2.18. The first-order valence-corrected chi connectivity index (χ1v) is 4.21. The summed E-state index contributed by atoms with van der Waals surface area (Å²) >= 11 is 0. The van der Waals surface area contributed by atoms with Gasteiger partial charge >= 0.3 is 0 Å². The fourth-order valence-corrected chi connectivity index (χ4v) is 1.36. The van der Waals surface area contributed by atoms with Crippen LogP contribution < -0.4 is 16.8 Å². The van der Waals surface area contributed by atoms with Crippen LogP contribution in [-0.4, -0.2) is 30.4 Å². The Hall–Kier alpha value is -0.600. The van der Waals surface area contributed by atoms with E-state index in [1.165, 1.54) is 12.8 Å². The average Bonchev–Trinajstić information content (AvgIpc) is 2.56. The van der Waals surface area contributed by atoms with Crippen LogP contribution >= 0.6 is 0 Å². The third-order valence-electron chi connectivity index (χ3n) is 2.06. The summed E-state index contributed by atoms with van der Waals surface area (Å²) in [6.45, 7) is 2.07. The van der Waals surface area contributed by atoms with Crippen molar-refractivity contribution < 1.29 is 0 Å². The molecule has 1 heterocycles. The van der Waals surface area contributed by atoms with Gasteiger partial charge in [-0.15, -0.1) is 6.42 Å². The van der Waals surface area contributed by atoms with Crippen molar-refractivity contribution in [3.05, 3.63) is 0 Å². The zero-order valence-corrected chi connectivity index (χ0v) is 7.16. The molecule has 1 aliphatic rings. The van der Waals surface area contributed by atoms with E-state index in [0.29, 0.717) is 0 Å². The lowest BCUT2D eigenvalue weighted by atomic mass is 10.4. The fraction of sp³-hybridized carbons (Fsp3) is 0.750. The van der Waals surface area contributed by atoms with Crippen molar-refractivity contribution in [1.82, 2.24) is 10.2 Å². The van der Waals surface area contributed by atoms with Crippen LogP contribution in [0.15, 0.2) is 0 Å². The molecule has 0 saturated carbocycles. The molecule has 0 aliphatic carbocycles. The van der Waals surface area contributed by atoms with Crippen LogP contribution in [0.25, 0.3) is 0 Å². The van der Waals surface area contributed by atoms with Gasteiger partial charge in [0.1, 0.15) is 12.5 Å². The molecule has 1 rings (SSSR count). The van der Waals surface area contributed by atoms with Gasteiger partial charge in [0.05, 0.1) is 0 Å². The molecule has 0 bridgehead atoms. The summed E-state index contributed by atoms with van der Waals surface area (Å²) in [6.07, 6.45) is 6.89. The van der Waals surface area contributed by atoms with Gasteiger partial charge in [-0.1, -0.05) is 5.92 Å². The monoisotopic (exact) mass is 168 g/mol. The molecule has 0 spiro atoms. The molecule has 0 radical (unpaired) electrons. The summed E-state index contributed by atoms with van der Waals surface area (Å²) in [5.74, 6) is 2.38. The molecule has 2 unspecified atom stereocenters. The van der Waals surface area contributed by atoms with E-state index in [-0.39, 0.29) is 6.29 Å². The van der Waals surface area contributed by atoms with Gasteiger partial charge in [-0.3, -0.25) is 10.2 Å². The van der Waals surface area contributed by atoms with Gasteiger partial charge in [0.25, 0.3) is 0 Å². The van der Waals surface area contributed by atoms with E-state index >= 15 is 0 Å². The van der Waals surface area contributed by atoms with Crippen molar-refractivity contribution in [1.29, 1.82) is 0 Å². The second-order valence-corrected chi connectivity index (χ2v) is 3.00. The summed E-state index contributed by atoms with van der Waals surface area (Å²) < 4.78 is 0. The number of rotatable bonds is 3. The highest BCUT2D eigenvalue weighted by Crippen LogP contribution is 2.07. The standard InChI is InChI=1S/C8H16N4/c1-2-7(9)11-8(10)12-5-3-4-6-12/h1,7-8,11H,3-6,9-10H2. The molecule has 2 atom stereocenters. The Kier molecular flexibility index (Phi) is 3.50. The Morgan fingerprint density at radius 2 is 1.92 bits per heavy atom. The van der Waals surface area contributed by atoms with Gasteiger partial charge in [-0.25, -0.2) is 0 Å². The molecule has 0 amide bonds. The lowest BCUT2D eigenvalue weighted by Crippen LogP contribution is -2.56. The molecule has 5 N–H and O–H groups in total. The van der Waals surface area contributed by atoms with E-state index in [0.717, 1.165) is 13.1 Å². The van der Waals surface area contributed by atoms with Gasteiger partial charge in [-0.05, 0) is 12.8 Å². The summed E-state index contributed by atoms with van der Waals surface area (Å²) in [5, 5.41) is 2.92. The number of hydrogen-bond acceptors (Lipinski definition) is 4. The second-order valence-electron chi connectivity index (χ2n) is 3.00. The number of hydrogen-bond donors (Lipinski definition) is 3. The maximum atomic E-state index is 5.79. The van der Waals surface area contributed by atoms with E-state index in [4.69, 9.17) is 17.9 Å². The summed E-state index contributed by atoms with van der Waals surface area (Å²) in [5.41, 5.74) is 11.3. The van der Waals surface area contributed by atoms with Crippen molar-refractivity contribution in [3.8, 4) is 12.3 Å². The Morgan fingerprint density at radius 3 is 2.42 bits per heavy atom. The topological polar surface area (TPSA) is 67.3 Å². The van der Waals surface area contributed by atoms with Crippen LogP contribution in [0.1, 0.15) is 12.8 Å². The third-order valence-corrected chi connectivity index (χ3v) is 2.06. The smallest absolute Gasteiger partial charge is 0.120 e. The van der Waals surface area contributed by atoms with Gasteiger partial charge in [0, 0.05) is 13.1 Å². The maximum absolute atomic E-state index is 5.79. The van der Waals surface area contributed by atoms with Crippen LogP contribution in [0.5, 0.6) is 0 Å². The van der Waals surface area contributed by atoms with E-state index in [1.54, 1.807) is 0 Å². The normalized spacial score (nSPS) is 23.4. The van der Waals surface area contributed by atoms with E-state index < -0.39 is 6.17 Å². The van der Waals surface area contributed by atoms with Crippen LogP contribution in [-0.2, 0) is 0 Å². The SMILES string of the molecule is C#CC(N)NC(N)N1CCCC1. The Labute approximate surface area is 73.3 Å². The predicted octanol–water partition coefficient (Wildman–Crippen LogP) is -1.17. The lowest BCUT2D eigenvalue weighted by molar-refractivity contribution is 0.202. The zero-order chi connectivity index (χ0) is 8.97. The van der Waals surface area contributed by atoms with E-state index in [9.17, 15) is 0 Å². The molecule has 0 aromatic heterocycles. The molecule has 4 heteroatoms. The van der Waals surface area contributed by atoms with Gasteiger partial charge in [0.15, 0.2) is 0 Å². The quantitative estimate of drug-likeness (QED) is 0.367. The van der Waals surface area contributed by atoms with Crippen molar-refractivity contribution in [2.24, 2.45) is 11.5 Å². The predicted molar refractivity (Wildman–Crippen MR) is 48.7 cm³/mol. The first-order chi connectivity index (χ1) is 5.74. The first kappa shape index (κ1) is 9.49. The molecule has 12 heavy (non-hydrogen) atoms. The van der Waals surface area contributed by atoms with Crippen LogP contribution in [0.2, 0.25) is 0 Å². The van der Waals surface area contributed by atoms with Crippen molar-refractivity contribution in [3.63, 3.8) is 0 Å².